The van der Waals surface area contributed by atoms with Gasteiger partial charge in [-0.1, -0.05) is 52.2 Å². The summed E-state index contributed by atoms with van der Waals surface area (Å²) in [7, 11) is 0. The fourth-order valence-electron chi connectivity index (χ4n) is 2.43. The largest absolute Gasteiger partial charge is 0.307 e. The Kier molecular flexibility index (Phi) is 7.07. The molecule has 2 heteroatoms. The van der Waals surface area contributed by atoms with Gasteiger partial charge >= 0.3 is 0 Å². The molecule has 0 spiro atoms. The molecule has 0 saturated heterocycles. The molecule has 0 heterocycles. The second-order valence-corrected chi connectivity index (χ2v) is 5.84. The topological polar surface area (TPSA) is 12.0 Å². The van der Waals surface area contributed by atoms with E-state index in [1.807, 2.05) is 12.1 Å². The monoisotopic (exact) mass is 265 g/mol. The number of rotatable bonds is 8. The zero-order valence-electron chi connectivity index (χ0n) is 12.7. The van der Waals surface area contributed by atoms with E-state index in [0.717, 1.165) is 0 Å². The van der Waals surface area contributed by atoms with Gasteiger partial charge in [0.25, 0.3) is 0 Å². The van der Waals surface area contributed by atoms with Gasteiger partial charge in [0.2, 0.25) is 0 Å². The number of benzene rings is 1. The van der Waals surface area contributed by atoms with E-state index >= 15 is 0 Å². The molecule has 0 aliphatic rings. The third kappa shape index (κ3) is 5.73. The van der Waals surface area contributed by atoms with Gasteiger partial charge in [-0.2, -0.15) is 0 Å². The first kappa shape index (κ1) is 16.2. The molecule has 1 rings (SSSR count). The Morgan fingerprint density at radius 2 is 1.68 bits per heavy atom. The van der Waals surface area contributed by atoms with Crippen LogP contribution < -0.4 is 5.32 Å². The number of unbranched alkanes of at least 4 members (excludes halogenated alkanes) is 2. The van der Waals surface area contributed by atoms with Crippen molar-refractivity contribution >= 4 is 0 Å². The Morgan fingerprint density at radius 3 is 2.21 bits per heavy atom. The van der Waals surface area contributed by atoms with Crippen molar-refractivity contribution in [3.05, 3.63) is 35.6 Å². The van der Waals surface area contributed by atoms with E-state index in [4.69, 9.17) is 0 Å². The zero-order chi connectivity index (χ0) is 14.3. The van der Waals surface area contributed by atoms with E-state index in [2.05, 4.69) is 33.0 Å². The zero-order valence-corrected chi connectivity index (χ0v) is 12.7. The summed E-state index contributed by atoms with van der Waals surface area (Å²) in [6, 6.07) is 7.70. The van der Waals surface area contributed by atoms with Gasteiger partial charge in [0.15, 0.2) is 0 Å². The van der Waals surface area contributed by atoms with E-state index in [1.165, 1.54) is 31.2 Å². The van der Waals surface area contributed by atoms with Gasteiger partial charge in [0.1, 0.15) is 5.82 Å². The first-order valence-corrected chi connectivity index (χ1v) is 7.56. The maximum atomic E-state index is 13.0. The number of halogens is 1. The van der Waals surface area contributed by atoms with E-state index in [1.54, 1.807) is 12.1 Å². The molecule has 0 radical (unpaired) electrons. The van der Waals surface area contributed by atoms with Crippen LogP contribution in [-0.2, 0) is 0 Å². The van der Waals surface area contributed by atoms with Crippen LogP contribution in [0.15, 0.2) is 24.3 Å². The lowest BCUT2D eigenvalue weighted by atomic mass is 9.94. The number of hydrogen-bond acceptors (Lipinski definition) is 1. The van der Waals surface area contributed by atoms with Gasteiger partial charge in [0, 0.05) is 12.1 Å². The van der Waals surface area contributed by atoms with Crippen LogP contribution in [0.2, 0.25) is 0 Å². The summed E-state index contributed by atoms with van der Waals surface area (Å²) in [4.78, 5) is 0. The van der Waals surface area contributed by atoms with Crippen LogP contribution >= 0.6 is 0 Å². The summed E-state index contributed by atoms with van der Waals surface area (Å²) in [5, 5.41) is 3.69. The molecule has 0 fully saturated rings. The van der Waals surface area contributed by atoms with Crippen molar-refractivity contribution in [2.45, 2.75) is 65.5 Å². The molecule has 2 atom stereocenters. The highest BCUT2D eigenvalue weighted by atomic mass is 19.1. The summed E-state index contributed by atoms with van der Waals surface area (Å²) in [5.41, 5.74) is 1.18. The van der Waals surface area contributed by atoms with Crippen molar-refractivity contribution in [3.8, 4) is 0 Å². The van der Waals surface area contributed by atoms with E-state index in [-0.39, 0.29) is 5.82 Å². The van der Waals surface area contributed by atoms with Gasteiger partial charge in [-0.25, -0.2) is 4.39 Å². The molecular formula is C17H28FN. The normalized spacial score (nSPS) is 14.6. The molecule has 0 saturated carbocycles. The van der Waals surface area contributed by atoms with Crippen molar-refractivity contribution < 1.29 is 4.39 Å². The third-order valence-corrected chi connectivity index (χ3v) is 3.60. The Balaban J connectivity index is 2.60. The Labute approximate surface area is 117 Å². The average molecular weight is 265 g/mol. The lowest BCUT2D eigenvalue weighted by Gasteiger charge is -2.27. The number of hydrogen-bond donors (Lipinski definition) is 1. The summed E-state index contributed by atoms with van der Waals surface area (Å²) in [6.45, 7) is 8.89. The standard InChI is InChI=1S/C17H28FN/c1-5-6-7-8-14(4)19-17(13(2)3)15-9-11-16(18)12-10-15/h9-14,17,19H,5-8H2,1-4H3. The lowest BCUT2D eigenvalue weighted by Crippen LogP contribution is -2.33. The Morgan fingerprint density at radius 1 is 1.05 bits per heavy atom. The Hall–Kier alpha value is -0.890. The first-order chi connectivity index (χ1) is 9.04. The third-order valence-electron chi connectivity index (χ3n) is 3.60. The summed E-state index contributed by atoms with van der Waals surface area (Å²) < 4.78 is 13.0. The quantitative estimate of drug-likeness (QED) is 0.646. The van der Waals surface area contributed by atoms with Gasteiger partial charge in [-0.15, -0.1) is 0 Å². The molecular weight excluding hydrogens is 237 g/mol. The predicted molar refractivity (Wildman–Crippen MR) is 80.7 cm³/mol. The van der Waals surface area contributed by atoms with Crippen molar-refractivity contribution in [3.63, 3.8) is 0 Å². The van der Waals surface area contributed by atoms with Crippen LogP contribution in [0.5, 0.6) is 0 Å². The summed E-state index contributed by atoms with van der Waals surface area (Å²) in [5.74, 6) is 0.335. The SMILES string of the molecule is CCCCCC(C)NC(c1ccc(F)cc1)C(C)C. The molecule has 0 aliphatic carbocycles. The van der Waals surface area contributed by atoms with Gasteiger partial charge in [-0.3, -0.25) is 0 Å². The molecule has 1 N–H and O–H groups in total. The van der Waals surface area contributed by atoms with Crippen molar-refractivity contribution in [1.82, 2.24) is 5.32 Å². The minimum absolute atomic E-state index is 0.165. The van der Waals surface area contributed by atoms with Crippen LogP contribution in [0, 0.1) is 11.7 Å². The smallest absolute Gasteiger partial charge is 0.123 e. The van der Waals surface area contributed by atoms with Crippen molar-refractivity contribution in [2.75, 3.05) is 0 Å². The Bertz CT molecular complexity index is 345. The van der Waals surface area contributed by atoms with E-state index < -0.39 is 0 Å². The molecule has 108 valence electrons. The van der Waals surface area contributed by atoms with Crippen LogP contribution in [0.4, 0.5) is 4.39 Å². The summed E-state index contributed by atoms with van der Waals surface area (Å²) in [6.07, 6.45) is 5.05. The highest BCUT2D eigenvalue weighted by Crippen LogP contribution is 2.23. The lowest BCUT2D eigenvalue weighted by molar-refractivity contribution is 0.353. The minimum atomic E-state index is -0.165. The molecule has 19 heavy (non-hydrogen) atoms. The van der Waals surface area contributed by atoms with E-state index in [0.29, 0.717) is 18.0 Å². The number of nitrogens with one attached hydrogen (secondary N) is 1. The molecule has 1 nitrogen and oxygen atoms in total. The fraction of sp³-hybridized carbons (Fsp3) is 0.647. The highest BCUT2D eigenvalue weighted by Gasteiger charge is 2.17. The molecule has 0 aliphatic heterocycles. The second-order valence-electron chi connectivity index (χ2n) is 5.84. The molecule has 0 aromatic heterocycles. The van der Waals surface area contributed by atoms with Crippen LogP contribution in [0.1, 0.15) is 65.0 Å². The van der Waals surface area contributed by atoms with Gasteiger partial charge in [0.05, 0.1) is 0 Å². The van der Waals surface area contributed by atoms with Crippen molar-refractivity contribution in [1.29, 1.82) is 0 Å². The minimum Gasteiger partial charge on any atom is -0.307 e. The van der Waals surface area contributed by atoms with Crippen LogP contribution in [0.3, 0.4) is 0 Å². The molecule has 2 unspecified atom stereocenters. The highest BCUT2D eigenvalue weighted by molar-refractivity contribution is 5.20. The molecule has 1 aromatic carbocycles. The van der Waals surface area contributed by atoms with Crippen molar-refractivity contribution in [2.24, 2.45) is 5.92 Å². The maximum absolute atomic E-state index is 13.0. The van der Waals surface area contributed by atoms with Crippen LogP contribution in [0.25, 0.3) is 0 Å². The molecule has 1 aromatic rings. The second kappa shape index (κ2) is 8.31. The van der Waals surface area contributed by atoms with E-state index in [9.17, 15) is 4.39 Å². The average Bonchev–Trinajstić information content (AvgIpc) is 2.37. The molecule has 0 amide bonds. The first-order valence-electron chi connectivity index (χ1n) is 7.56. The van der Waals surface area contributed by atoms with Crippen LogP contribution in [-0.4, -0.2) is 6.04 Å². The summed E-state index contributed by atoms with van der Waals surface area (Å²) >= 11 is 0. The maximum Gasteiger partial charge on any atom is 0.123 e. The fourth-order valence-corrected chi connectivity index (χ4v) is 2.43. The van der Waals surface area contributed by atoms with Gasteiger partial charge in [-0.05, 0) is 37.0 Å². The molecule has 0 bridgehead atoms. The predicted octanol–water partition coefficient (Wildman–Crippen LogP) is 5.08. The van der Waals surface area contributed by atoms with Gasteiger partial charge < -0.3 is 5.32 Å².